The van der Waals surface area contributed by atoms with Crippen molar-refractivity contribution < 1.29 is 17.5 Å². The minimum atomic E-state index is -3.65. The first kappa shape index (κ1) is 25.7. The predicted octanol–water partition coefficient (Wildman–Crippen LogP) is 3.73. The van der Waals surface area contributed by atoms with E-state index < -0.39 is 15.8 Å². The molecule has 0 amide bonds. The molecule has 0 saturated carbocycles. The van der Waals surface area contributed by atoms with Crippen molar-refractivity contribution in [3.63, 3.8) is 0 Å². The molecule has 0 spiro atoms. The largest absolute Gasteiger partial charge is 0.492 e. The van der Waals surface area contributed by atoms with Crippen molar-refractivity contribution >= 4 is 27.2 Å². The van der Waals surface area contributed by atoms with Crippen LogP contribution in [0.1, 0.15) is 13.3 Å². The van der Waals surface area contributed by atoms with Crippen LogP contribution in [-0.2, 0) is 10.0 Å². The Bertz CT molecular complexity index is 1330. The zero-order valence-corrected chi connectivity index (χ0v) is 21.6. The Morgan fingerprint density at radius 1 is 1.11 bits per heavy atom. The van der Waals surface area contributed by atoms with Crippen LogP contribution in [0.3, 0.4) is 0 Å². The zero-order valence-electron chi connectivity index (χ0n) is 20.8. The molecule has 0 atom stereocenters. The molecular formula is C26H32FN5O3S. The molecule has 0 aliphatic carbocycles. The Morgan fingerprint density at radius 3 is 2.44 bits per heavy atom. The van der Waals surface area contributed by atoms with Crippen LogP contribution >= 0.6 is 0 Å². The maximum absolute atomic E-state index is 15.1. The minimum absolute atomic E-state index is 0.0678. The van der Waals surface area contributed by atoms with Gasteiger partial charge in [-0.3, -0.25) is 4.31 Å². The molecule has 4 rings (SSSR count). The third-order valence-corrected chi connectivity index (χ3v) is 8.31. The van der Waals surface area contributed by atoms with E-state index in [0.717, 1.165) is 47.3 Å². The van der Waals surface area contributed by atoms with E-state index in [1.54, 1.807) is 19.2 Å². The average Bonchev–Trinajstić information content (AvgIpc) is 2.88. The fourth-order valence-electron chi connectivity index (χ4n) is 4.37. The fraction of sp³-hybridized carbons (Fsp3) is 0.346. The molecule has 1 aliphatic rings. The number of ether oxygens (including phenoxy) is 1. The van der Waals surface area contributed by atoms with Crippen LogP contribution in [-0.4, -0.2) is 59.5 Å². The number of methoxy groups -OCH3 is 1. The smallest absolute Gasteiger partial charge is 0.235 e. The number of anilines is 3. The molecule has 1 aromatic heterocycles. The minimum Gasteiger partial charge on any atom is -0.492 e. The van der Waals surface area contributed by atoms with Crippen LogP contribution in [0.2, 0.25) is 0 Å². The molecule has 3 N–H and O–H groups in total. The Morgan fingerprint density at radius 2 is 1.81 bits per heavy atom. The quantitative estimate of drug-likeness (QED) is 0.473. The highest BCUT2D eigenvalue weighted by Crippen LogP contribution is 2.39. The number of rotatable bonds is 8. The van der Waals surface area contributed by atoms with E-state index in [1.165, 1.54) is 20.2 Å². The molecule has 10 heteroatoms. The zero-order chi connectivity index (χ0) is 25.9. The summed E-state index contributed by atoms with van der Waals surface area (Å²) in [5.74, 6) is -0.687. The molecular weight excluding hydrogens is 481 g/mol. The van der Waals surface area contributed by atoms with Gasteiger partial charge in [0.1, 0.15) is 5.82 Å². The molecule has 0 bridgehead atoms. The summed E-state index contributed by atoms with van der Waals surface area (Å²) < 4.78 is 46.8. The lowest BCUT2D eigenvalue weighted by molar-refractivity contribution is 0.388. The predicted molar refractivity (Wildman–Crippen MR) is 144 cm³/mol. The third-order valence-electron chi connectivity index (χ3n) is 6.36. The Hall–Kier alpha value is -3.37. The third kappa shape index (κ3) is 5.24. The van der Waals surface area contributed by atoms with Gasteiger partial charge in [0, 0.05) is 56.2 Å². The van der Waals surface area contributed by atoms with E-state index in [-0.39, 0.29) is 23.0 Å². The molecule has 0 radical (unpaired) electrons. The van der Waals surface area contributed by atoms with E-state index in [2.05, 4.69) is 27.3 Å². The van der Waals surface area contributed by atoms with Crippen molar-refractivity contribution in [2.45, 2.75) is 13.3 Å². The van der Waals surface area contributed by atoms with Crippen molar-refractivity contribution in [2.24, 2.45) is 0 Å². The lowest BCUT2D eigenvalue weighted by Gasteiger charge is -2.29. The molecule has 1 saturated heterocycles. The summed E-state index contributed by atoms with van der Waals surface area (Å²) in [6.45, 7) is 5.61. The number of nitrogens with two attached hydrogens (primary N) is 1. The number of hydrogen-bond acceptors (Lipinski definition) is 7. The number of aromatic nitrogens is 1. The molecule has 2 heterocycles. The van der Waals surface area contributed by atoms with Crippen LogP contribution < -0.4 is 25.0 Å². The fourth-order valence-corrected chi connectivity index (χ4v) is 5.59. The lowest BCUT2D eigenvalue weighted by atomic mass is 10.00. The standard InChI is InChI=1S/C26H32FN5O3S/c1-4-13-36(33,34)31(2)24-16-19(15-23(27)25(24)35-3)22-14-20(17-30-26(22)28)18-5-7-21(8-6-18)32-11-9-29-10-12-32/h5-8,14-17,29H,4,9-13H2,1-3H3,(H2,28,30). The summed E-state index contributed by atoms with van der Waals surface area (Å²) in [6.07, 6.45) is 2.11. The van der Waals surface area contributed by atoms with Crippen LogP contribution in [0.25, 0.3) is 22.3 Å². The van der Waals surface area contributed by atoms with Gasteiger partial charge in [-0.1, -0.05) is 19.1 Å². The Labute approximate surface area is 211 Å². The molecule has 0 unspecified atom stereocenters. The van der Waals surface area contributed by atoms with Gasteiger partial charge in [0.2, 0.25) is 10.0 Å². The number of piperazine rings is 1. The first-order valence-corrected chi connectivity index (χ1v) is 13.5. The summed E-state index contributed by atoms with van der Waals surface area (Å²) in [5.41, 5.74) is 10.1. The second kappa shape index (κ2) is 10.7. The van der Waals surface area contributed by atoms with E-state index in [4.69, 9.17) is 10.5 Å². The van der Waals surface area contributed by atoms with Crippen molar-refractivity contribution in [1.82, 2.24) is 10.3 Å². The summed E-state index contributed by atoms with van der Waals surface area (Å²) in [6, 6.07) is 12.9. The number of nitrogen functional groups attached to an aromatic ring is 1. The molecule has 192 valence electrons. The van der Waals surface area contributed by atoms with Crippen LogP contribution in [0.4, 0.5) is 21.6 Å². The Balaban J connectivity index is 1.72. The first-order valence-electron chi connectivity index (χ1n) is 11.9. The molecule has 8 nitrogen and oxygen atoms in total. The van der Waals surface area contributed by atoms with Gasteiger partial charge in [0.25, 0.3) is 0 Å². The van der Waals surface area contributed by atoms with Crippen LogP contribution in [0.5, 0.6) is 5.75 Å². The van der Waals surface area contributed by atoms with Gasteiger partial charge < -0.3 is 20.7 Å². The summed E-state index contributed by atoms with van der Waals surface area (Å²) in [7, 11) is -0.954. The highest BCUT2D eigenvalue weighted by molar-refractivity contribution is 7.92. The monoisotopic (exact) mass is 513 g/mol. The first-order chi connectivity index (χ1) is 17.2. The molecule has 36 heavy (non-hydrogen) atoms. The highest BCUT2D eigenvalue weighted by atomic mass is 32.2. The maximum Gasteiger partial charge on any atom is 0.235 e. The number of nitrogens with zero attached hydrogens (tertiary/aromatic N) is 3. The average molecular weight is 514 g/mol. The van der Waals surface area contributed by atoms with Gasteiger partial charge in [0.05, 0.1) is 18.6 Å². The van der Waals surface area contributed by atoms with E-state index in [9.17, 15) is 8.42 Å². The van der Waals surface area contributed by atoms with Crippen molar-refractivity contribution in [1.29, 1.82) is 0 Å². The van der Waals surface area contributed by atoms with Gasteiger partial charge >= 0.3 is 0 Å². The number of halogens is 1. The number of pyridine rings is 1. The second-order valence-electron chi connectivity index (χ2n) is 8.73. The van der Waals surface area contributed by atoms with Crippen molar-refractivity contribution in [2.75, 3.05) is 61.0 Å². The number of nitrogens with one attached hydrogen (secondary N) is 1. The summed E-state index contributed by atoms with van der Waals surface area (Å²) in [5, 5.41) is 3.35. The van der Waals surface area contributed by atoms with Gasteiger partial charge in [-0.25, -0.2) is 17.8 Å². The SMILES string of the molecule is CCCS(=O)(=O)N(C)c1cc(-c2cc(-c3ccc(N4CCNCC4)cc3)cnc2N)cc(F)c1OC. The molecule has 1 aliphatic heterocycles. The molecule has 2 aromatic carbocycles. The summed E-state index contributed by atoms with van der Waals surface area (Å²) >= 11 is 0. The topological polar surface area (TPSA) is 101 Å². The number of sulfonamides is 1. The van der Waals surface area contributed by atoms with Crippen LogP contribution in [0, 0.1) is 5.82 Å². The van der Waals surface area contributed by atoms with E-state index >= 15 is 4.39 Å². The van der Waals surface area contributed by atoms with E-state index in [0.29, 0.717) is 17.5 Å². The van der Waals surface area contributed by atoms with Gasteiger partial charge in [0.15, 0.2) is 11.6 Å². The second-order valence-corrected chi connectivity index (χ2v) is 10.9. The van der Waals surface area contributed by atoms with Crippen molar-refractivity contribution in [3.8, 4) is 28.0 Å². The number of hydrogen-bond donors (Lipinski definition) is 2. The molecule has 3 aromatic rings. The van der Waals surface area contributed by atoms with Gasteiger partial charge in [-0.15, -0.1) is 0 Å². The van der Waals surface area contributed by atoms with Gasteiger partial charge in [-0.05, 0) is 47.9 Å². The maximum atomic E-state index is 15.1. The number of benzene rings is 2. The lowest BCUT2D eigenvalue weighted by Crippen LogP contribution is -2.43. The van der Waals surface area contributed by atoms with E-state index in [1.807, 2.05) is 18.2 Å². The van der Waals surface area contributed by atoms with Crippen LogP contribution in [0.15, 0.2) is 48.7 Å². The normalized spacial score (nSPS) is 14.1. The highest BCUT2D eigenvalue weighted by Gasteiger charge is 2.24. The Kier molecular flexibility index (Phi) is 7.65. The molecule has 1 fully saturated rings. The van der Waals surface area contributed by atoms with Crippen molar-refractivity contribution in [3.05, 3.63) is 54.5 Å². The summed E-state index contributed by atoms with van der Waals surface area (Å²) in [4.78, 5) is 6.67. The van der Waals surface area contributed by atoms with Gasteiger partial charge in [-0.2, -0.15) is 0 Å².